The molecule has 26 heavy (non-hydrogen) atoms. The van der Waals surface area contributed by atoms with Gasteiger partial charge >= 0.3 is 0 Å². The number of aromatic nitrogens is 1. The van der Waals surface area contributed by atoms with Gasteiger partial charge in [-0.3, -0.25) is 4.99 Å². The molecule has 5 nitrogen and oxygen atoms in total. The van der Waals surface area contributed by atoms with Crippen LogP contribution in [0.15, 0.2) is 46.8 Å². The summed E-state index contributed by atoms with van der Waals surface area (Å²) in [7, 11) is 1.79. The van der Waals surface area contributed by atoms with Gasteiger partial charge in [-0.15, -0.1) is 11.3 Å². The molecule has 6 heteroatoms. The van der Waals surface area contributed by atoms with Gasteiger partial charge in [0, 0.05) is 37.7 Å². The van der Waals surface area contributed by atoms with Crippen LogP contribution in [0.5, 0.6) is 0 Å². The van der Waals surface area contributed by atoms with Crippen LogP contribution in [0.25, 0.3) is 0 Å². The molecule has 0 saturated heterocycles. The second-order valence-electron chi connectivity index (χ2n) is 6.65. The first-order valence-corrected chi connectivity index (χ1v) is 9.91. The number of aliphatic imine (C=N–C) groups is 1. The first kappa shape index (κ1) is 18.5. The zero-order valence-electron chi connectivity index (χ0n) is 15.7. The summed E-state index contributed by atoms with van der Waals surface area (Å²) in [6.45, 7) is 7.75. The Morgan fingerprint density at radius 3 is 2.69 bits per heavy atom. The van der Waals surface area contributed by atoms with E-state index in [9.17, 15) is 0 Å². The van der Waals surface area contributed by atoms with Gasteiger partial charge in [0.05, 0.1) is 12.2 Å². The highest BCUT2D eigenvalue weighted by atomic mass is 32.1. The lowest BCUT2D eigenvalue weighted by Crippen LogP contribution is -2.36. The van der Waals surface area contributed by atoms with Crippen molar-refractivity contribution >= 4 is 23.0 Å². The standard InChI is InChI=1S/C20H27N5S/c1-15(2)18-14-26-19(24-18)13-23-20(21-3)22-12-16-7-6-8-17(11-16)25-9-4-5-10-25/h4-8,11,14-15H,9-10,12-13H2,1-3H3,(H2,21,22,23). The molecule has 0 spiro atoms. The minimum absolute atomic E-state index is 0.468. The number of thiazole rings is 1. The molecule has 2 heterocycles. The molecule has 1 aromatic carbocycles. The second-order valence-corrected chi connectivity index (χ2v) is 7.59. The Kier molecular flexibility index (Phi) is 6.28. The topological polar surface area (TPSA) is 52.6 Å². The zero-order valence-corrected chi connectivity index (χ0v) is 16.5. The molecule has 1 aromatic heterocycles. The molecular formula is C20H27N5S. The fourth-order valence-electron chi connectivity index (χ4n) is 2.79. The molecule has 0 amide bonds. The van der Waals surface area contributed by atoms with Crippen LogP contribution >= 0.6 is 11.3 Å². The minimum atomic E-state index is 0.468. The molecule has 0 bridgehead atoms. The summed E-state index contributed by atoms with van der Waals surface area (Å²) >= 11 is 1.69. The molecule has 0 unspecified atom stereocenters. The van der Waals surface area contributed by atoms with Crippen LogP contribution < -0.4 is 15.5 Å². The molecule has 0 radical (unpaired) electrons. The zero-order chi connectivity index (χ0) is 18.4. The molecular weight excluding hydrogens is 342 g/mol. The summed E-state index contributed by atoms with van der Waals surface area (Å²) in [6.07, 6.45) is 4.42. The van der Waals surface area contributed by atoms with E-state index in [1.54, 1.807) is 18.4 Å². The van der Waals surface area contributed by atoms with E-state index >= 15 is 0 Å². The molecule has 0 saturated carbocycles. The van der Waals surface area contributed by atoms with Crippen LogP contribution in [0.3, 0.4) is 0 Å². The van der Waals surface area contributed by atoms with Crippen molar-refractivity contribution in [2.75, 3.05) is 25.0 Å². The number of hydrogen-bond acceptors (Lipinski definition) is 4. The van der Waals surface area contributed by atoms with Crippen molar-refractivity contribution in [3.05, 3.63) is 58.1 Å². The van der Waals surface area contributed by atoms with Gasteiger partial charge in [-0.25, -0.2) is 4.98 Å². The highest BCUT2D eigenvalue weighted by Crippen LogP contribution is 2.19. The third-order valence-electron chi connectivity index (χ3n) is 4.35. The van der Waals surface area contributed by atoms with E-state index in [4.69, 9.17) is 0 Å². The van der Waals surface area contributed by atoms with Crippen molar-refractivity contribution in [1.82, 2.24) is 15.6 Å². The Morgan fingerprint density at radius 1 is 1.23 bits per heavy atom. The van der Waals surface area contributed by atoms with Crippen LogP contribution in [0.4, 0.5) is 5.69 Å². The van der Waals surface area contributed by atoms with E-state index in [-0.39, 0.29) is 0 Å². The summed E-state index contributed by atoms with van der Waals surface area (Å²) in [6, 6.07) is 8.66. The smallest absolute Gasteiger partial charge is 0.191 e. The third-order valence-corrected chi connectivity index (χ3v) is 5.21. The predicted molar refractivity (Wildman–Crippen MR) is 111 cm³/mol. The molecule has 2 N–H and O–H groups in total. The summed E-state index contributed by atoms with van der Waals surface area (Å²) in [5.74, 6) is 1.26. The molecule has 138 valence electrons. The van der Waals surface area contributed by atoms with Crippen molar-refractivity contribution in [3.8, 4) is 0 Å². The average Bonchev–Trinajstić information content (AvgIpc) is 3.34. The highest BCUT2D eigenvalue weighted by molar-refractivity contribution is 7.09. The van der Waals surface area contributed by atoms with Gasteiger partial charge in [0.15, 0.2) is 5.96 Å². The fraction of sp³-hybridized carbons (Fsp3) is 0.400. The molecule has 3 rings (SSSR count). The summed E-state index contributed by atoms with van der Waals surface area (Å²) in [5.41, 5.74) is 3.66. The van der Waals surface area contributed by atoms with Gasteiger partial charge in [0.25, 0.3) is 0 Å². The number of benzene rings is 1. The first-order chi connectivity index (χ1) is 12.7. The minimum Gasteiger partial charge on any atom is -0.364 e. The van der Waals surface area contributed by atoms with Gasteiger partial charge < -0.3 is 15.5 Å². The van der Waals surface area contributed by atoms with Crippen LogP contribution in [-0.4, -0.2) is 31.1 Å². The molecule has 2 aromatic rings. The van der Waals surface area contributed by atoms with Crippen LogP contribution in [-0.2, 0) is 13.1 Å². The number of guanidine groups is 1. The fourth-order valence-corrected chi connectivity index (χ4v) is 3.68. The van der Waals surface area contributed by atoms with E-state index in [0.29, 0.717) is 12.5 Å². The average molecular weight is 370 g/mol. The van der Waals surface area contributed by atoms with Crippen molar-refractivity contribution < 1.29 is 0 Å². The van der Waals surface area contributed by atoms with Crippen LogP contribution in [0.2, 0.25) is 0 Å². The number of nitrogens with one attached hydrogen (secondary N) is 2. The molecule has 0 aliphatic carbocycles. The van der Waals surface area contributed by atoms with E-state index in [1.165, 1.54) is 11.3 Å². The quantitative estimate of drug-likeness (QED) is 0.465. The van der Waals surface area contributed by atoms with Gasteiger partial charge in [-0.1, -0.05) is 38.1 Å². The van der Waals surface area contributed by atoms with Gasteiger partial charge in [-0.05, 0) is 23.6 Å². The van der Waals surface area contributed by atoms with E-state index < -0.39 is 0 Å². The lowest BCUT2D eigenvalue weighted by Gasteiger charge is -2.19. The maximum Gasteiger partial charge on any atom is 0.191 e. The Balaban J connectivity index is 1.51. The van der Waals surface area contributed by atoms with Crippen LogP contribution in [0.1, 0.15) is 36.0 Å². The Morgan fingerprint density at radius 2 is 2.00 bits per heavy atom. The van der Waals surface area contributed by atoms with E-state index in [1.807, 2.05) is 0 Å². The predicted octanol–water partition coefficient (Wildman–Crippen LogP) is 3.51. The van der Waals surface area contributed by atoms with Gasteiger partial charge in [0.1, 0.15) is 5.01 Å². The van der Waals surface area contributed by atoms with Crippen molar-refractivity contribution in [2.24, 2.45) is 4.99 Å². The molecule has 1 aliphatic rings. The summed E-state index contributed by atoms with van der Waals surface area (Å²) < 4.78 is 0. The SMILES string of the molecule is CN=C(NCc1cccc(N2CC=CC2)c1)NCc1nc(C(C)C)cs1. The number of nitrogens with zero attached hydrogens (tertiary/aromatic N) is 3. The molecule has 0 atom stereocenters. The molecule has 0 fully saturated rings. The Hall–Kier alpha value is -2.34. The Bertz CT molecular complexity index is 770. The molecule has 1 aliphatic heterocycles. The van der Waals surface area contributed by atoms with Crippen molar-refractivity contribution in [1.29, 1.82) is 0 Å². The Labute approximate surface area is 159 Å². The number of anilines is 1. The monoisotopic (exact) mass is 369 g/mol. The van der Waals surface area contributed by atoms with E-state index in [0.717, 1.165) is 36.3 Å². The van der Waals surface area contributed by atoms with Gasteiger partial charge in [0.2, 0.25) is 0 Å². The van der Waals surface area contributed by atoms with Crippen molar-refractivity contribution in [2.45, 2.75) is 32.9 Å². The summed E-state index contributed by atoms with van der Waals surface area (Å²) in [5, 5.41) is 9.95. The normalized spacial score (nSPS) is 14.3. The summed E-state index contributed by atoms with van der Waals surface area (Å²) in [4.78, 5) is 11.3. The first-order valence-electron chi connectivity index (χ1n) is 9.03. The largest absolute Gasteiger partial charge is 0.364 e. The van der Waals surface area contributed by atoms with E-state index in [2.05, 4.69) is 81.2 Å². The third kappa shape index (κ3) is 4.85. The lowest BCUT2D eigenvalue weighted by molar-refractivity contribution is 0.785. The maximum absolute atomic E-state index is 4.65. The number of hydrogen-bond donors (Lipinski definition) is 2. The number of rotatable bonds is 6. The maximum atomic E-state index is 4.65. The second kappa shape index (κ2) is 8.85. The van der Waals surface area contributed by atoms with Crippen molar-refractivity contribution in [3.63, 3.8) is 0 Å². The highest BCUT2D eigenvalue weighted by Gasteiger charge is 2.09. The lowest BCUT2D eigenvalue weighted by atomic mass is 10.2. The van der Waals surface area contributed by atoms with Gasteiger partial charge in [-0.2, -0.15) is 0 Å². The van der Waals surface area contributed by atoms with Crippen LogP contribution in [0, 0.1) is 0 Å².